The van der Waals surface area contributed by atoms with E-state index in [1.54, 1.807) is 24.0 Å². The number of carbonyl (C=O) groups is 1. The van der Waals surface area contributed by atoms with Gasteiger partial charge in [0.2, 0.25) is 0 Å². The third-order valence-corrected chi connectivity index (χ3v) is 9.22. The Hall–Kier alpha value is -2.69. The number of carbonyl (C=O) groups excluding carboxylic acids is 1. The van der Waals surface area contributed by atoms with Crippen LogP contribution in [-0.2, 0) is 10.0 Å². The van der Waals surface area contributed by atoms with E-state index < -0.39 is 21.9 Å². The Balaban J connectivity index is 1.60. The van der Waals surface area contributed by atoms with E-state index in [1.165, 1.54) is 50.3 Å². The van der Waals surface area contributed by atoms with Crippen molar-refractivity contribution in [1.29, 1.82) is 0 Å². The molecule has 1 amide bonds. The van der Waals surface area contributed by atoms with Gasteiger partial charge in [-0.2, -0.15) is 0 Å². The molecule has 3 atom stereocenters. The maximum atomic E-state index is 13.7. The van der Waals surface area contributed by atoms with Crippen LogP contribution in [0.3, 0.4) is 0 Å². The molecule has 2 aromatic carbocycles. The van der Waals surface area contributed by atoms with Crippen LogP contribution in [0, 0.1) is 17.7 Å². The summed E-state index contributed by atoms with van der Waals surface area (Å²) in [5, 5.41) is 9.90. The summed E-state index contributed by atoms with van der Waals surface area (Å²) in [6.45, 7) is 5.73. The smallest absolute Gasteiger partial charge is 0.261 e. The summed E-state index contributed by atoms with van der Waals surface area (Å²) < 4.78 is 48.0. The SMILES string of the molecule is C[C@H](CO)N1C[C@H](C)[C@@H](CN(C)CC2CCCCC2)Oc2ccc(NS(=O)(=O)c3ccc(F)cc3)cc2C1=O. The van der Waals surface area contributed by atoms with Crippen molar-refractivity contribution in [3.8, 4) is 5.75 Å². The highest BCUT2D eigenvalue weighted by Crippen LogP contribution is 2.32. The number of sulfonamides is 1. The van der Waals surface area contributed by atoms with Gasteiger partial charge in [-0.25, -0.2) is 12.8 Å². The van der Waals surface area contributed by atoms with Crippen LogP contribution in [0.5, 0.6) is 5.75 Å². The molecule has 4 rings (SSSR count). The number of nitrogens with zero attached hydrogens (tertiary/aromatic N) is 2. The van der Waals surface area contributed by atoms with E-state index in [9.17, 15) is 22.7 Å². The summed E-state index contributed by atoms with van der Waals surface area (Å²) in [5.41, 5.74) is 0.410. The van der Waals surface area contributed by atoms with Gasteiger partial charge in [0.1, 0.15) is 17.7 Å². The molecule has 1 aliphatic carbocycles. The van der Waals surface area contributed by atoms with Gasteiger partial charge in [-0.3, -0.25) is 9.52 Å². The first kappa shape index (κ1) is 29.3. The van der Waals surface area contributed by atoms with E-state index in [2.05, 4.69) is 23.6 Å². The molecule has 2 aliphatic rings. The molecule has 39 heavy (non-hydrogen) atoms. The van der Waals surface area contributed by atoms with Gasteiger partial charge in [0.25, 0.3) is 15.9 Å². The Bertz CT molecular complexity index is 1230. The number of ether oxygens (including phenoxy) is 1. The van der Waals surface area contributed by atoms with Crippen LogP contribution in [0.4, 0.5) is 10.1 Å². The minimum absolute atomic E-state index is 0.00145. The Morgan fingerprint density at radius 1 is 1.13 bits per heavy atom. The zero-order valence-corrected chi connectivity index (χ0v) is 23.8. The van der Waals surface area contributed by atoms with Crippen LogP contribution >= 0.6 is 0 Å². The van der Waals surface area contributed by atoms with E-state index >= 15 is 0 Å². The van der Waals surface area contributed by atoms with Crippen molar-refractivity contribution >= 4 is 21.6 Å². The second-order valence-electron chi connectivity index (χ2n) is 11.1. The lowest BCUT2D eigenvalue weighted by molar-refractivity contribution is 0.0330. The van der Waals surface area contributed by atoms with Crippen molar-refractivity contribution in [2.75, 3.05) is 38.0 Å². The highest BCUT2D eigenvalue weighted by Gasteiger charge is 2.34. The Kier molecular flexibility index (Phi) is 9.51. The summed E-state index contributed by atoms with van der Waals surface area (Å²) >= 11 is 0. The van der Waals surface area contributed by atoms with Crippen LogP contribution < -0.4 is 9.46 Å². The number of anilines is 1. The predicted octanol–water partition coefficient (Wildman–Crippen LogP) is 4.36. The van der Waals surface area contributed by atoms with Gasteiger partial charge >= 0.3 is 0 Å². The lowest BCUT2D eigenvalue weighted by Gasteiger charge is -2.38. The van der Waals surface area contributed by atoms with Gasteiger partial charge in [-0.1, -0.05) is 26.2 Å². The summed E-state index contributed by atoms with van der Waals surface area (Å²) in [4.78, 5) is 17.5. The average Bonchev–Trinajstić information content (AvgIpc) is 2.91. The Morgan fingerprint density at radius 2 is 1.82 bits per heavy atom. The first-order valence-corrected chi connectivity index (χ1v) is 15.2. The largest absolute Gasteiger partial charge is 0.488 e. The monoisotopic (exact) mass is 561 g/mol. The number of likely N-dealkylation sites (N-methyl/N-ethyl adjacent to an activating group) is 1. The third-order valence-electron chi connectivity index (χ3n) is 7.83. The standard InChI is InChI=1S/C29H40FN3O5S/c1-20-16-33(21(2)19-34)29(35)26-15-24(31-39(36,37)25-12-9-23(30)10-13-25)11-14-27(26)38-28(20)18-32(3)17-22-7-5-4-6-8-22/h9-15,20-22,28,31,34H,4-8,16-19H2,1-3H3/t20-,21+,28+/m0/s1. The van der Waals surface area contributed by atoms with E-state index in [1.807, 2.05) is 0 Å². The quantitative estimate of drug-likeness (QED) is 0.472. The highest BCUT2D eigenvalue weighted by atomic mass is 32.2. The first-order chi connectivity index (χ1) is 18.6. The molecule has 0 bridgehead atoms. The fraction of sp³-hybridized carbons (Fsp3) is 0.552. The van der Waals surface area contributed by atoms with Crippen LogP contribution in [0.25, 0.3) is 0 Å². The van der Waals surface area contributed by atoms with E-state index in [0.717, 1.165) is 18.7 Å². The zero-order valence-electron chi connectivity index (χ0n) is 23.0. The van der Waals surface area contributed by atoms with Crippen LogP contribution in [0.15, 0.2) is 47.4 Å². The lowest BCUT2D eigenvalue weighted by Crippen LogP contribution is -2.50. The van der Waals surface area contributed by atoms with Crippen LogP contribution in [0.2, 0.25) is 0 Å². The van der Waals surface area contributed by atoms with Crippen LogP contribution in [-0.4, -0.2) is 74.7 Å². The normalized spacial score (nSPS) is 21.6. The molecular weight excluding hydrogens is 521 g/mol. The number of fused-ring (bicyclic) bond motifs is 1. The number of hydrogen-bond acceptors (Lipinski definition) is 6. The second kappa shape index (κ2) is 12.7. The molecule has 0 radical (unpaired) electrons. The number of hydrogen-bond donors (Lipinski definition) is 2. The number of rotatable bonds is 9. The van der Waals surface area contributed by atoms with Gasteiger partial charge in [0, 0.05) is 31.2 Å². The minimum Gasteiger partial charge on any atom is -0.488 e. The Labute approximate surface area is 231 Å². The van der Waals surface area contributed by atoms with Crippen molar-refractivity contribution < 1.29 is 27.4 Å². The number of amides is 1. The number of aliphatic hydroxyl groups is 1. The summed E-state index contributed by atoms with van der Waals surface area (Å²) in [6.07, 6.45) is 6.18. The van der Waals surface area contributed by atoms with Gasteiger partial charge in [0.05, 0.1) is 23.1 Å². The van der Waals surface area contributed by atoms with Crippen molar-refractivity contribution in [3.63, 3.8) is 0 Å². The molecule has 0 saturated heterocycles. The van der Waals surface area contributed by atoms with E-state index in [4.69, 9.17) is 4.74 Å². The molecule has 1 aliphatic heterocycles. The molecule has 2 aromatic rings. The maximum Gasteiger partial charge on any atom is 0.261 e. The van der Waals surface area contributed by atoms with Gasteiger partial charge in [-0.05, 0) is 75.2 Å². The van der Waals surface area contributed by atoms with Crippen molar-refractivity contribution in [1.82, 2.24) is 9.80 Å². The molecule has 1 saturated carbocycles. The number of nitrogens with one attached hydrogen (secondary N) is 1. The Morgan fingerprint density at radius 3 is 2.49 bits per heavy atom. The molecule has 8 nitrogen and oxygen atoms in total. The van der Waals surface area contributed by atoms with Gasteiger partial charge in [-0.15, -0.1) is 0 Å². The molecule has 0 unspecified atom stereocenters. The summed E-state index contributed by atoms with van der Waals surface area (Å²) in [6, 6.07) is 8.73. The number of aliphatic hydroxyl groups excluding tert-OH is 1. The average molecular weight is 562 g/mol. The van der Waals surface area contributed by atoms with Crippen LogP contribution in [0.1, 0.15) is 56.3 Å². The van der Waals surface area contributed by atoms with E-state index in [-0.39, 0.29) is 40.7 Å². The third kappa shape index (κ3) is 7.29. The predicted molar refractivity (Wildman–Crippen MR) is 149 cm³/mol. The first-order valence-electron chi connectivity index (χ1n) is 13.8. The van der Waals surface area contributed by atoms with Gasteiger partial charge < -0.3 is 19.6 Å². The topological polar surface area (TPSA) is 99.2 Å². The van der Waals surface area contributed by atoms with Crippen molar-refractivity contribution in [2.45, 2.75) is 63.0 Å². The summed E-state index contributed by atoms with van der Waals surface area (Å²) in [7, 11) is -1.90. The van der Waals surface area contributed by atoms with E-state index in [0.29, 0.717) is 24.8 Å². The molecule has 2 N–H and O–H groups in total. The van der Waals surface area contributed by atoms with Crippen molar-refractivity contribution in [2.24, 2.45) is 11.8 Å². The molecule has 10 heteroatoms. The molecule has 1 fully saturated rings. The molecule has 1 heterocycles. The molecule has 0 aromatic heterocycles. The second-order valence-corrected chi connectivity index (χ2v) is 12.8. The molecule has 214 valence electrons. The summed E-state index contributed by atoms with van der Waals surface area (Å²) in [5.74, 6) is 0.187. The number of benzene rings is 2. The highest BCUT2D eigenvalue weighted by molar-refractivity contribution is 7.92. The molecule has 0 spiro atoms. The van der Waals surface area contributed by atoms with Gasteiger partial charge in [0.15, 0.2) is 0 Å². The number of halogens is 1. The fourth-order valence-electron chi connectivity index (χ4n) is 5.52. The fourth-order valence-corrected chi connectivity index (χ4v) is 6.57. The molecular formula is C29H40FN3O5S. The maximum absolute atomic E-state index is 13.7. The zero-order chi connectivity index (χ0) is 28.2. The minimum atomic E-state index is -4.00. The van der Waals surface area contributed by atoms with Crippen molar-refractivity contribution in [3.05, 3.63) is 53.8 Å². The lowest BCUT2D eigenvalue weighted by atomic mass is 9.89.